The minimum Gasteiger partial charge on any atom is -0.409 e. The fourth-order valence-electron chi connectivity index (χ4n) is 1.83. The third-order valence-electron chi connectivity index (χ3n) is 2.91. The molecule has 20 heavy (non-hydrogen) atoms. The van der Waals surface area contributed by atoms with Crippen molar-refractivity contribution in [2.24, 2.45) is 10.9 Å². The summed E-state index contributed by atoms with van der Waals surface area (Å²) in [7, 11) is 0. The van der Waals surface area contributed by atoms with Gasteiger partial charge in [0.1, 0.15) is 5.69 Å². The van der Waals surface area contributed by atoms with E-state index in [1.54, 1.807) is 22.9 Å². The molecule has 1 saturated carbocycles. The first kappa shape index (κ1) is 12.7. The zero-order valence-electron chi connectivity index (χ0n) is 10.4. The minimum atomic E-state index is -0.218. The van der Waals surface area contributed by atoms with E-state index in [0.717, 1.165) is 12.8 Å². The first-order valence-electron chi connectivity index (χ1n) is 5.98. The molecule has 2 aromatic heterocycles. The van der Waals surface area contributed by atoms with E-state index in [2.05, 4.69) is 20.3 Å². The lowest BCUT2D eigenvalue weighted by Crippen LogP contribution is -2.17. The van der Waals surface area contributed by atoms with E-state index >= 15 is 0 Å². The summed E-state index contributed by atoms with van der Waals surface area (Å²) in [5.74, 6) is -0.0797. The summed E-state index contributed by atoms with van der Waals surface area (Å²) in [6.07, 6.45) is 3.51. The predicted octanol–water partition coefficient (Wildman–Crippen LogP) is 0.547. The highest BCUT2D eigenvalue weighted by molar-refractivity contribution is 7.99. The maximum Gasteiger partial charge on any atom is 0.344 e. The van der Waals surface area contributed by atoms with Gasteiger partial charge in [-0.3, -0.25) is 9.55 Å². The highest BCUT2D eigenvalue weighted by Gasteiger charge is 2.29. The third kappa shape index (κ3) is 2.27. The molecule has 2 heterocycles. The van der Waals surface area contributed by atoms with Crippen LogP contribution in [0.3, 0.4) is 0 Å². The Morgan fingerprint density at radius 3 is 3.10 bits per heavy atom. The molecule has 0 unspecified atom stereocenters. The van der Waals surface area contributed by atoms with Crippen LogP contribution in [0, 0.1) is 0 Å². The smallest absolute Gasteiger partial charge is 0.344 e. The maximum atomic E-state index is 11.7. The molecule has 0 aromatic carbocycles. The largest absolute Gasteiger partial charge is 0.409 e. The van der Waals surface area contributed by atoms with Gasteiger partial charge in [-0.05, 0) is 36.7 Å². The van der Waals surface area contributed by atoms with Crippen molar-refractivity contribution in [1.82, 2.24) is 19.7 Å². The van der Waals surface area contributed by atoms with Gasteiger partial charge in [0, 0.05) is 17.1 Å². The van der Waals surface area contributed by atoms with Crippen LogP contribution in [0.2, 0.25) is 0 Å². The van der Waals surface area contributed by atoms with Gasteiger partial charge in [0.05, 0.1) is 0 Å². The molecular weight excluding hydrogens is 280 g/mol. The van der Waals surface area contributed by atoms with Crippen LogP contribution in [0.1, 0.15) is 24.6 Å². The van der Waals surface area contributed by atoms with Crippen molar-refractivity contribution in [2.45, 2.75) is 28.9 Å². The number of nitrogens with zero attached hydrogens (tertiary/aromatic N) is 4. The van der Waals surface area contributed by atoms with Gasteiger partial charge < -0.3 is 10.9 Å². The second-order valence-electron chi connectivity index (χ2n) is 4.35. The molecule has 0 aliphatic heterocycles. The molecule has 0 saturated heterocycles. The van der Waals surface area contributed by atoms with Crippen LogP contribution in [0.4, 0.5) is 0 Å². The van der Waals surface area contributed by atoms with Crippen molar-refractivity contribution in [3.05, 3.63) is 34.5 Å². The van der Waals surface area contributed by atoms with Crippen LogP contribution in [-0.4, -0.2) is 30.8 Å². The normalized spacial score (nSPS) is 15.5. The Hall–Kier alpha value is -2.29. The van der Waals surface area contributed by atoms with Crippen LogP contribution in [0.25, 0.3) is 0 Å². The second kappa shape index (κ2) is 5.00. The fraction of sp³-hybridized carbons (Fsp3) is 0.273. The number of oxime groups is 1. The van der Waals surface area contributed by atoms with Gasteiger partial charge in [-0.15, -0.1) is 5.10 Å². The summed E-state index contributed by atoms with van der Waals surface area (Å²) >= 11 is 1.26. The van der Waals surface area contributed by atoms with E-state index in [4.69, 9.17) is 10.9 Å². The second-order valence-corrected chi connectivity index (χ2v) is 5.36. The zero-order chi connectivity index (χ0) is 14.1. The van der Waals surface area contributed by atoms with Crippen LogP contribution < -0.4 is 11.4 Å². The topological polar surface area (TPSA) is 122 Å². The predicted molar refractivity (Wildman–Crippen MR) is 72.0 cm³/mol. The molecule has 1 aliphatic carbocycles. The number of amidine groups is 1. The van der Waals surface area contributed by atoms with Crippen LogP contribution in [0.15, 0.2) is 38.3 Å². The average molecular weight is 292 g/mol. The van der Waals surface area contributed by atoms with Crippen molar-refractivity contribution < 1.29 is 5.21 Å². The SMILES string of the molecule is N/C(=N/O)c1ncccc1Sc1n[nH]c(=O)n1C1CC1. The van der Waals surface area contributed by atoms with E-state index < -0.39 is 0 Å². The van der Waals surface area contributed by atoms with Crippen LogP contribution in [-0.2, 0) is 0 Å². The first-order chi connectivity index (χ1) is 9.70. The van der Waals surface area contributed by atoms with Gasteiger partial charge in [-0.2, -0.15) is 0 Å². The van der Waals surface area contributed by atoms with Gasteiger partial charge in [0.15, 0.2) is 11.0 Å². The van der Waals surface area contributed by atoms with E-state index in [1.807, 2.05) is 0 Å². The molecule has 0 radical (unpaired) electrons. The molecule has 2 aromatic rings. The van der Waals surface area contributed by atoms with Gasteiger partial charge in [0.2, 0.25) is 0 Å². The molecule has 104 valence electrons. The number of H-pyrrole nitrogens is 1. The van der Waals surface area contributed by atoms with E-state index in [9.17, 15) is 4.79 Å². The van der Waals surface area contributed by atoms with Crippen LogP contribution in [0.5, 0.6) is 0 Å². The summed E-state index contributed by atoms with van der Waals surface area (Å²) in [4.78, 5) is 16.5. The molecule has 3 rings (SSSR count). The number of nitrogens with two attached hydrogens (primary N) is 1. The first-order valence-corrected chi connectivity index (χ1v) is 6.80. The molecule has 8 nitrogen and oxygen atoms in total. The molecule has 0 atom stereocenters. The lowest BCUT2D eigenvalue weighted by atomic mass is 10.3. The number of aromatic nitrogens is 4. The summed E-state index contributed by atoms with van der Waals surface area (Å²) in [6.45, 7) is 0. The van der Waals surface area contributed by atoms with Crippen molar-refractivity contribution >= 4 is 17.6 Å². The lowest BCUT2D eigenvalue weighted by molar-refractivity contribution is 0.318. The molecular formula is C11H12N6O2S. The van der Waals surface area contributed by atoms with Crippen molar-refractivity contribution in [3.63, 3.8) is 0 Å². The highest BCUT2D eigenvalue weighted by atomic mass is 32.2. The molecule has 1 aliphatic rings. The third-order valence-corrected chi connectivity index (χ3v) is 3.93. The van der Waals surface area contributed by atoms with E-state index in [0.29, 0.717) is 15.7 Å². The number of pyridine rings is 1. The minimum absolute atomic E-state index is 0.0797. The summed E-state index contributed by atoms with van der Waals surface area (Å²) < 4.78 is 1.63. The van der Waals surface area contributed by atoms with Crippen molar-refractivity contribution in [2.75, 3.05) is 0 Å². The van der Waals surface area contributed by atoms with Gasteiger partial charge in [0.25, 0.3) is 0 Å². The molecule has 4 N–H and O–H groups in total. The zero-order valence-corrected chi connectivity index (χ0v) is 11.2. The van der Waals surface area contributed by atoms with Gasteiger partial charge >= 0.3 is 5.69 Å². The van der Waals surface area contributed by atoms with Gasteiger partial charge in [-0.1, -0.05) is 5.16 Å². The Morgan fingerprint density at radius 1 is 1.60 bits per heavy atom. The molecule has 1 fully saturated rings. The Balaban J connectivity index is 1.98. The maximum absolute atomic E-state index is 11.7. The lowest BCUT2D eigenvalue weighted by Gasteiger charge is -2.06. The van der Waals surface area contributed by atoms with E-state index in [1.165, 1.54) is 11.8 Å². The molecule has 0 spiro atoms. The number of rotatable bonds is 4. The fourth-order valence-corrected chi connectivity index (χ4v) is 2.85. The van der Waals surface area contributed by atoms with Crippen molar-refractivity contribution in [1.29, 1.82) is 0 Å². The van der Waals surface area contributed by atoms with E-state index in [-0.39, 0.29) is 17.6 Å². The number of hydrogen-bond acceptors (Lipinski definition) is 6. The van der Waals surface area contributed by atoms with Crippen molar-refractivity contribution in [3.8, 4) is 0 Å². The number of aromatic amines is 1. The number of nitrogens with one attached hydrogen (secondary N) is 1. The summed E-state index contributed by atoms with van der Waals surface area (Å²) in [5, 5.41) is 18.7. The average Bonchev–Trinajstić information content (AvgIpc) is 3.23. The Morgan fingerprint density at radius 2 is 2.40 bits per heavy atom. The summed E-state index contributed by atoms with van der Waals surface area (Å²) in [5.41, 5.74) is 5.73. The standard InChI is InChI=1S/C11H12N6O2S/c12-9(16-19)8-7(2-1-5-13-8)20-11-15-14-10(18)17(11)6-3-4-6/h1-2,5-6,19H,3-4H2,(H2,12,16)(H,14,18). The molecule has 0 bridgehead atoms. The molecule has 9 heteroatoms. The monoisotopic (exact) mass is 292 g/mol. The Bertz CT molecular complexity index is 718. The van der Waals surface area contributed by atoms with Crippen LogP contribution >= 0.6 is 11.8 Å². The molecule has 0 amide bonds. The highest BCUT2D eigenvalue weighted by Crippen LogP contribution is 2.37. The number of hydrogen-bond donors (Lipinski definition) is 3. The Kier molecular flexibility index (Phi) is 3.18. The van der Waals surface area contributed by atoms with Gasteiger partial charge in [-0.25, -0.2) is 9.89 Å². The quantitative estimate of drug-likeness (QED) is 0.327. The summed E-state index contributed by atoms with van der Waals surface area (Å²) in [6, 6.07) is 3.73. The Labute approximate surface area is 117 Å².